The Hall–Kier alpha value is 0.137. The SMILES string of the molecule is C[SiH]([O])CCCN. The fourth-order valence-electron chi connectivity index (χ4n) is 0.405. The second-order valence-corrected chi connectivity index (χ2v) is 3.94. The topological polar surface area (TPSA) is 45.9 Å². The van der Waals surface area contributed by atoms with Gasteiger partial charge in [0.1, 0.15) is 0 Å². The third kappa shape index (κ3) is 6.14. The highest BCUT2D eigenvalue weighted by Gasteiger charge is 1.96. The summed E-state index contributed by atoms with van der Waals surface area (Å²) in [5.41, 5.74) is 5.16. The quantitative estimate of drug-likeness (QED) is 0.526. The van der Waals surface area contributed by atoms with Gasteiger partial charge in [-0.1, -0.05) is 0 Å². The molecule has 0 aromatic rings. The highest BCUT2D eigenvalue weighted by atomic mass is 28.3. The molecule has 0 aliphatic heterocycles. The highest BCUT2D eigenvalue weighted by molar-refractivity contribution is 6.48. The Labute approximate surface area is 46.1 Å². The van der Waals surface area contributed by atoms with Crippen molar-refractivity contribution in [1.82, 2.24) is 0 Å². The molecule has 0 bridgehead atoms. The van der Waals surface area contributed by atoms with E-state index >= 15 is 0 Å². The lowest BCUT2D eigenvalue weighted by atomic mass is 10.5. The summed E-state index contributed by atoms with van der Waals surface area (Å²) >= 11 is 0. The van der Waals surface area contributed by atoms with Crippen molar-refractivity contribution in [1.29, 1.82) is 0 Å². The lowest BCUT2D eigenvalue weighted by molar-refractivity contribution is 0.450. The van der Waals surface area contributed by atoms with Gasteiger partial charge < -0.3 is 10.5 Å². The number of rotatable bonds is 3. The van der Waals surface area contributed by atoms with Gasteiger partial charge in [-0.05, 0) is 25.6 Å². The molecule has 7 heavy (non-hydrogen) atoms. The summed E-state index contributed by atoms with van der Waals surface area (Å²) in [6.07, 6.45) is 0.927. The molecule has 1 unspecified atom stereocenters. The lowest BCUT2D eigenvalue weighted by Gasteiger charge is -1.93. The van der Waals surface area contributed by atoms with Gasteiger partial charge in [-0.2, -0.15) is 0 Å². The first-order valence-electron chi connectivity index (χ1n) is 2.63. The van der Waals surface area contributed by atoms with Crippen LogP contribution < -0.4 is 5.73 Å². The molecule has 2 N–H and O–H groups in total. The van der Waals surface area contributed by atoms with Crippen LogP contribution in [0.2, 0.25) is 12.6 Å². The molecule has 2 nitrogen and oxygen atoms in total. The van der Waals surface area contributed by atoms with Gasteiger partial charge in [0.2, 0.25) is 9.04 Å². The Morgan fingerprint density at radius 1 is 1.71 bits per heavy atom. The summed E-state index contributed by atoms with van der Waals surface area (Å²) in [6, 6.07) is 0.858. The second-order valence-electron chi connectivity index (χ2n) is 1.74. The minimum atomic E-state index is -1.52. The van der Waals surface area contributed by atoms with Crippen LogP contribution >= 0.6 is 0 Å². The van der Waals surface area contributed by atoms with Crippen molar-refractivity contribution in [3.63, 3.8) is 0 Å². The average molecular weight is 118 g/mol. The molecular weight excluding hydrogens is 106 g/mol. The van der Waals surface area contributed by atoms with E-state index in [0.717, 1.165) is 12.5 Å². The predicted molar refractivity (Wildman–Crippen MR) is 32.2 cm³/mol. The van der Waals surface area contributed by atoms with Crippen LogP contribution in [0.3, 0.4) is 0 Å². The molecule has 0 aliphatic carbocycles. The van der Waals surface area contributed by atoms with Gasteiger partial charge in [-0.3, -0.25) is 0 Å². The van der Waals surface area contributed by atoms with Crippen molar-refractivity contribution in [2.45, 2.75) is 19.0 Å². The summed E-state index contributed by atoms with van der Waals surface area (Å²) in [4.78, 5) is 10.4. The van der Waals surface area contributed by atoms with Crippen molar-refractivity contribution in [2.75, 3.05) is 6.54 Å². The zero-order valence-corrected chi connectivity index (χ0v) is 5.84. The van der Waals surface area contributed by atoms with Gasteiger partial charge in [0.15, 0.2) is 0 Å². The maximum absolute atomic E-state index is 10.4. The van der Waals surface area contributed by atoms with E-state index in [4.69, 9.17) is 5.73 Å². The molecule has 0 aromatic carbocycles. The van der Waals surface area contributed by atoms with Crippen molar-refractivity contribution >= 4 is 9.04 Å². The van der Waals surface area contributed by atoms with Gasteiger partial charge in [0.25, 0.3) is 0 Å². The summed E-state index contributed by atoms with van der Waals surface area (Å²) in [7, 11) is -1.52. The van der Waals surface area contributed by atoms with E-state index in [-0.39, 0.29) is 0 Å². The minimum absolute atomic E-state index is 0.680. The van der Waals surface area contributed by atoms with Crippen LogP contribution in [-0.2, 0) is 4.80 Å². The number of nitrogens with two attached hydrogens (primary N) is 1. The molecule has 0 heterocycles. The summed E-state index contributed by atoms with van der Waals surface area (Å²) < 4.78 is 0. The van der Waals surface area contributed by atoms with Crippen LogP contribution in [0.4, 0.5) is 0 Å². The molecular formula is C4H12NOSi. The van der Waals surface area contributed by atoms with Crippen LogP contribution in [-0.4, -0.2) is 15.6 Å². The number of hydrogen-bond donors (Lipinski definition) is 1. The van der Waals surface area contributed by atoms with Crippen LogP contribution in [0.1, 0.15) is 6.42 Å². The molecule has 0 aromatic heterocycles. The van der Waals surface area contributed by atoms with E-state index < -0.39 is 9.04 Å². The largest absolute Gasteiger partial charge is 0.330 e. The molecule has 0 amide bonds. The number of hydrogen-bond acceptors (Lipinski definition) is 1. The Balaban J connectivity index is 2.68. The molecule has 0 spiro atoms. The van der Waals surface area contributed by atoms with E-state index in [9.17, 15) is 4.80 Å². The molecule has 43 valence electrons. The van der Waals surface area contributed by atoms with E-state index in [1.165, 1.54) is 0 Å². The molecule has 0 aliphatic rings. The van der Waals surface area contributed by atoms with Gasteiger partial charge in [0.05, 0.1) is 0 Å². The summed E-state index contributed by atoms with van der Waals surface area (Å²) in [5, 5.41) is 0. The van der Waals surface area contributed by atoms with Crippen molar-refractivity contribution in [3.05, 3.63) is 0 Å². The van der Waals surface area contributed by atoms with Gasteiger partial charge in [-0.25, -0.2) is 0 Å². The lowest BCUT2D eigenvalue weighted by Crippen LogP contribution is -2.06. The first kappa shape index (κ1) is 7.14. The Morgan fingerprint density at radius 2 is 2.29 bits per heavy atom. The van der Waals surface area contributed by atoms with E-state index in [2.05, 4.69) is 0 Å². The zero-order chi connectivity index (χ0) is 5.70. The maximum atomic E-state index is 10.4. The first-order valence-corrected chi connectivity index (χ1v) is 5.07. The molecule has 0 saturated carbocycles. The monoisotopic (exact) mass is 118 g/mol. The zero-order valence-electron chi connectivity index (χ0n) is 4.68. The summed E-state index contributed by atoms with van der Waals surface area (Å²) in [5.74, 6) is 0. The van der Waals surface area contributed by atoms with Crippen LogP contribution in [0.25, 0.3) is 0 Å². The minimum Gasteiger partial charge on any atom is -0.330 e. The third-order valence-electron chi connectivity index (χ3n) is 0.815. The van der Waals surface area contributed by atoms with Gasteiger partial charge in [-0.15, -0.1) is 0 Å². The van der Waals surface area contributed by atoms with Crippen LogP contribution in [0.15, 0.2) is 0 Å². The molecule has 0 fully saturated rings. The van der Waals surface area contributed by atoms with Gasteiger partial charge >= 0.3 is 0 Å². The fourth-order valence-corrected chi connectivity index (χ4v) is 1.22. The highest BCUT2D eigenvalue weighted by Crippen LogP contribution is 1.90. The van der Waals surface area contributed by atoms with Gasteiger partial charge in [0, 0.05) is 0 Å². The third-order valence-corrected chi connectivity index (χ3v) is 2.04. The predicted octanol–water partition coefficient (Wildman–Crippen LogP) is 0.119. The Bertz CT molecular complexity index is 40.7. The smallest absolute Gasteiger partial charge is 0.219 e. The molecule has 3 heteroatoms. The molecule has 1 radical (unpaired) electrons. The molecule has 0 saturated heterocycles. The van der Waals surface area contributed by atoms with Crippen molar-refractivity contribution in [2.24, 2.45) is 5.73 Å². The fraction of sp³-hybridized carbons (Fsp3) is 1.00. The second kappa shape index (κ2) is 4.30. The van der Waals surface area contributed by atoms with Crippen LogP contribution in [0.5, 0.6) is 0 Å². The van der Waals surface area contributed by atoms with Crippen molar-refractivity contribution in [3.8, 4) is 0 Å². The molecule has 1 atom stereocenters. The maximum Gasteiger partial charge on any atom is 0.219 e. The molecule has 0 rings (SSSR count). The standard InChI is InChI=1S/C4H12NOSi/c1-7(6)4-2-3-5/h7H,2-5H2,1H3. The summed E-state index contributed by atoms with van der Waals surface area (Å²) in [6.45, 7) is 2.48. The Morgan fingerprint density at radius 3 is 2.43 bits per heavy atom. The Kier molecular flexibility index (Phi) is 4.38. The van der Waals surface area contributed by atoms with E-state index in [1.807, 2.05) is 0 Å². The normalized spacial score (nSPS) is 14.1. The van der Waals surface area contributed by atoms with E-state index in [1.54, 1.807) is 6.55 Å². The van der Waals surface area contributed by atoms with Crippen molar-refractivity contribution < 1.29 is 4.80 Å². The average Bonchev–Trinajstić information content (AvgIpc) is 1.61. The van der Waals surface area contributed by atoms with E-state index in [0.29, 0.717) is 6.54 Å². The first-order chi connectivity index (χ1) is 3.27. The van der Waals surface area contributed by atoms with Crippen LogP contribution in [0, 0.1) is 0 Å².